The van der Waals surface area contributed by atoms with Crippen LogP contribution < -0.4 is 19.1 Å². The molecule has 2 aliphatic heterocycles. The van der Waals surface area contributed by atoms with Gasteiger partial charge in [-0.05, 0) is 41.8 Å². The first-order chi connectivity index (χ1) is 16.9. The molecule has 1 fully saturated rings. The number of nitrogens with zero attached hydrogens (tertiary/aromatic N) is 2. The largest absolute Gasteiger partial charge is 0.507 e. The van der Waals surface area contributed by atoms with Gasteiger partial charge >= 0.3 is 0 Å². The lowest BCUT2D eigenvalue weighted by Crippen LogP contribution is -2.29. The van der Waals surface area contributed by atoms with Gasteiger partial charge in [-0.15, -0.1) is 0 Å². The van der Waals surface area contributed by atoms with Crippen LogP contribution in [0.2, 0.25) is 0 Å². The summed E-state index contributed by atoms with van der Waals surface area (Å²) in [5, 5.41) is 11.3. The van der Waals surface area contributed by atoms with Gasteiger partial charge in [0.25, 0.3) is 11.7 Å². The zero-order valence-corrected chi connectivity index (χ0v) is 19.3. The summed E-state index contributed by atoms with van der Waals surface area (Å²) in [4.78, 5) is 32.1. The smallest absolute Gasteiger partial charge is 0.300 e. The van der Waals surface area contributed by atoms with Gasteiger partial charge in [-0.2, -0.15) is 0 Å². The van der Waals surface area contributed by atoms with Crippen molar-refractivity contribution in [1.82, 2.24) is 4.98 Å². The standard InChI is InChI=1S/C27H24N2O6/c1-16(2)14-33-20-7-3-5-17(11-20)25(30)23-24(18-6-4-10-28-13-18)29(27(32)26(23)31)19-8-9-21-22(12-19)35-15-34-21/h3-13,16,24,30H,14-15H2,1-2H3/b25-23+. The number of hydrogen-bond acceptors (Lipinski definition) is 7. The molecular formula is C27H24N2O6. The molecule has 35 heavy (non-hydrogen) atoms. The van der Waals surface area contributed by atoms with Crippen molar-refractivity contribution in [1.29, 1.82) is 0 Å². The highest BCUT2D eigenvalue weighted by atomic mass is 16.7. The van der Waals surface area contributed by atoms with E-state index in [1.807, 2.05) is 13.8 Å². The van der Waals surface area contributed by atoms with Crippen molar-refractivity contribution < 1.29 is 28.9 Å². The van der Waals surface area contributed by atoms with E-state index in [9.17, 15) is 14.7 Å². The Morgan fingerprint density at radius 3 is 2.71 bits per heavy atom. The second-order valence-electron chi connectivity index (χ2n) is 8.73. The molecule has 0 radical (unpaired) electrons. The van der Waals surface area contributed by atoms with Gasteiger partial charge < -0.3 is 19.3 Å². The number of Topliss-reactive ketones (excluding diaryl/α,β-unsaturated/α-hetero) is 1. The highest BCUT2D eigenvalue weighted by Gasteiger charge is 2.47. The lowest BCUT2D eigenvalue weighted by atomic mass is 9.96. The predicted molar refractivity (Wildman–Crippen MR) is 128 cm³/mol. The molecule has 3 aromatic rings. The van der Waals surface area contributed by atoms with E-state index in [4.69, 9.17) is 14.2 Å². The van der Waals surface area contributed by atoms with Crippen LogP contribution in [0.5, 0.6) is 17.2 Å². The number of benzene rings is 2. The van der Waals surface area contributed by atoms with Crippen LogP contribution in [0, 0.1) is 5.92 Å². The van der Waals surface area contributed by atoms with Crippen molar-refractivity contribution in [2.75, 3.05) is 18.3 Å². The Hall–Kier alpha value is -4.33. The topological polar surface area (TPSA) is 98.2 Å². The van der Waals surface area contributed by atoms with Gasteiger partial charge in [-0.3, -0.25) is 19.5 Å². The molecule has 1 amide bonds. The Kier molecular flexibility index (Phi) is 5.86. The van der Waals surface area contributed by atoms with E-state index < -0.39 is 17.7 Å². The molecule has 178 valence electrons. The van der Waals surface area contributed by atoms with Crippen LogP contribution in [0.3, 0.4) is 0 Å². The first-order valence-corrected chi connectivity index (χ1v) is 11.3. The molecule has 2 aliphatic rings. The monoisotopic (exact) mass is 472 g/mol. The molecule has 5 rings (SSSR count). The summed E-state index contributed by atoms with van der Waals surface area (Å²) in [7, 11) is 0. The van der Waals surface area contributed by atoms with Crippen LogP contribution in [-0.4, -0.2) is 35.2 Å². The number of aliphatic hydroxyl groups is 1. The lowest BCUT2D eigenvalue weighted by Gasteiger charge is -2.25. The fourth-order valence-corrected chi connectivity index (χ4v) is 4.14. The van der Waals surface area contributed by atoms with Crippen LogP contribution in [0.4, 0.5) is 5.69 Å². The highest BCUT2D eigenvalue weighted by Crippen LogP contribution is 2.44. The molecule has 0 bridgehead atoms. The van der Waals surface area contributed by atoms with Crippen molar-refractivity contribution in [3.8, 4) is 17.2 Å². The zero-order valence-electron chi connectivity index (χ0n) is 19.3. The average molecular weight is 472 g/mol. The molecule has 3 heterocycles. The van der Waals surface area contributed by atoms with E-state index >= 15 is 0 Å². The molecule has 2 aromatic carbocycles. The number of anilines is 1. The molecule has 1 saturated heterocycles. The fraction of sp³-hybridized carbons (Fsp3) is 0.222. The zero-order chi connectivity index (χ0) is 24.5. The minimum absolute atomic E-state index is 0.0262. The van der Waals surface area contributed by atoms with Gasteiger partial charge in [0.1, 0.15) is 11.5 Å². The van der Waals surface area contributed by atoms with Crippen molar-refractivity contribution in [2.45, 2.75) is 19.9 Å². The third-order valence-electron chi connectivity index (χ3n) is 5.77. The molecule has 0 aliphatic carbocycles. The summed E-state index contributed by atoms with van der Waals surface area (Å²) >= 11 is 0. The summed E-state index contributed by atoms with van der Waals surface area (Å²) in [6.45, 7) is 4.66. The number of amides is 1. The maximum Gasteiger partial charge on any atom is 0.300 e. The number of ketones is 1. The van der Waals surface area contributed by atoms with E-state index in [0.717, 1.165) is 0 Å². The summed E-state index contributed by atoms with van der Waals surface area (Å²) in [5.74, 6) is 0.0887. The molecule has 1 N–H and O–H groups in total. The van der Waals surface area contributed by atoms with Gasteiger partial charge in [0.15, 0.2) is 11.5 Å². The second kappa shape index (κ2) is 9.13. The van der Waals surface area contributed by atoms with Gasteiger partial charge in [0, 0.05) is 29.7 Å². The number of aliphatic hydroxyl groups excluding tert-OH is 1. The Bertz CT molecular complexity index is 1320. The number of aromatic nitrogens is 1. The van der Waals surface area contributed by atoms with Gasteiger partial charge in [-0.25, -0.2) is 0 Å². The molecule has 0 spiro atoms. The number of carbonyl (C=O) groups is 2. The first-order valence-electron chi connectivity index (χ1n) is 11.3. The molecule has 1 atom stereocenters. The normalized spacial score (nSPS) is 18.4. The molecule has 8 nitrogen and oxygen atoms in total. The number of carbonyl (C=O) groups excluding carboxylic acids is 2. The Morgan fingerprint density at radius 1 is 1.11 bits per heavy atom. The van der Waals surface area contributed by atoms with Gasteiger partial charge in [-0.1, -0.05) is 32.0 Å². The van der Waals surface area contributed by atoms with E-state index in [-0.39, 0.29) is 18.1 Å². The van der Waals surface area contributed by atoms with Crippen LogP contribution in [0.15, 0.2) is 72.6 Å². The first kappa shape index (κ1) is 22.5. The quantitative estimate of drug-likeness (QED) is 0.321. The Labute approximate surface area is 202 Å². The minimum Gasteiger partial charge on any atom is -0.507 e. The number of rotatable bonds is 6. The predicted octanol–water partition coefficient (Wildman–Crippen LogP) is 4.47. The Balaban J connectivity index is 1.62. The van der Waals surface area contributed by atoms with Gasteiger partial charge in [0.05, 0.1) is 18.2 Å². The van der Waals surface area contributed by atoms with E-state index in [1.165, 1.54) is 4.90 Å². The van der Waals surface area contributed by atoms with E-state index in [0.29, 0.717) is 46.6 Å². The average Bonchev–Trinajstić information content (AvgIpc) is 3.45. The Morgan fingerprint density at radius 2 is 1.94 bits per heavy atom. The molecule has 1 aromatic heterocycles. The summed E-state index contributed by atoms with van der Waals surface area (Å²) in [6, 6.07) is 14.5. The lowest BCUT2D eigenvalue weighted by molar-refractivity contribution is -0.132. The summed E-state index contributed by atoms with van der Waals surface area (Å²) in [5.41, 5.74) is 1.38. The summed E-state index contributed by atoms with van der Waals surface area (Å²) in [6.07, 6.45) is 3.18. The highest BCUT2D eigenvalue weighted by molar-refractivity contribution is 6.51. The number of ether oxygens (including phenoxy) is 3. The minimum atomic E-state index is -0.885. The molecule has 0 saturated carbocycles. The SMILES string of the molecule is CC(C)COc1cccc(/C(O)=C2\C(=O)C(=O)N(c3ccc4c(c3)OCO4)C2c2cccnc2)c1. The van der Waals surface area contributed by atoms with Crippen molar-refractivity contribution in [2.24, 2.45) is 5.92 Å². The number of hydrogen-bond donors (Lipinski definition) is 1. The van der Waals surface area contributed by atoms with E-state index in [1.54, 1.807) is 67.0 Å². The van der Waals surface area contributed by atoms with E-state index in [2.05, 4.69) is 4.98 Å². The molecular weight excluding hydrogens is 448 g/mol. The van der Waals surface area contributed by atoms with Crippen molar-refractivity contribution in [3.05, 3.63) is 83.7 Å². The second-order valence-corrected chi connectivity index (χ2v) is 8.73. The number of pyridine rings is 1. The maximum atomic E-state index is 13.3. The van der Waals surface area contributed by atoms with Crippen molar-refractivity contribution in [3.63, 3.8) is 0 Å². The molecule has 8 heteroatoms. The van der Waals surface area contributed by atoms with Crippen LogP contribution >= 0.6 is 0 Å². The number of fused-ring (bicyclic) bond motifs is 1. The van der Waals surface area contributed by atoms with Crippen LogP contribution in [-0.2, 0) is 9.59 Å². The maximum absolute atomic E-state index is 13.3. The van der Waals surface area contributed by atoms with Gasteiger partial charge in [0.2, 0.25) is 6.79 Å². The summed E-state index contributed by atoms with van der Waals surface area (Å²) < 4.78 is 16.6. The van der Waals surface area contributed by atoms with Crippen LogP contribution in [0.25, 0.3) is 5.76 Å². The van der Waals surface area contributed by atoms with Crippen LogP contribution in [0.1, 0.15) is 31.0 Å². The third kappa shape index (κ3) is 4.19. The fourth-order valence-electron chi connectivity index (χ4n) is 4.14. The third-order valence-corrected chi connectivity index (χ3v) is 5.77. The van der Waals surface area contributed by atoms with Crippen molar-refractivity contribution >= 4 is 23.1 Å². The molecule has 1 unspecified atom stereocenters.